The van der Waals surface area contributed by atoms with Gasteiger partial charge in [-0.25, -0.2) is 9.78 Å². The van der Waals surface area contributed by atoms with Gasteiger partial charge in [0, 0.05) is 29.0 Å². The number of nitrogens with one attached hydrogen (secondary N) is 3. The van der Waals surface area contributed by atoms with Gasteiger partial charge in [0.25, 0.3) is 5.56 Å². The minimum Gasteiger partial charge on any atom is -0.478 e. The molecule has 0 radical (unpaired) electrons. The number of carboxylic acids is 1. The first-order chi connectivity index (χ1) is 16.5. The van der Waals surface area contributed by atoms with Gasteiger partial charge in [-0.2, -0.15) is 0 Å². The molecule has 34 heavy (non-hydrogen) atoms. The third-order valence-electron chi connectivity index (χ3n) is 5.93. The van der Waals surface area contributed by atoms with Crippen molar-refractivity contribution < 1.29 is 14.7 Å². The van der Waals surface area contributed by atoms with E-state index in [1.807, 2.05) is 12.1 Å². The summed E-state index contributed by atoms with van der Waals surface area (Å²) in [5, 5.41) is 16.1. The molecular weight excluding hydrogens is 436 g/mol. The van der Waals surface area contributed by atoms with Crippen molar-refractivity contribution in [3.05, 3.63) is 88.0 Å². The summed E-state index contributed by atoms with van der Waals surface area (Å²) < 4.78 is 1.28. The summed E-state index contributed by atoms with van der Waals surface area (Å²) in [5.74, 6) is -1.29. The lowest BCUT2D eigenvalue weighted by Crippen LogP contribution is -2.35. The molecule has 1 amide bonds. The molecule has 1 aliphatic heterocycles. The van der Waals surface area contributed by atoms with Gasteiger partial charge in [0.2, 0.25) is 5.91 Å². The lowest BCUT2D eigenvalue weighted by Gasteiger charge is -2.26. The summed E-state index contributed by atoms with van der Waals surface area (Å²) in [4.78, 5) is 48.3. The zero-order chi connectivity index (χ0) is 23.7. The Labute approximate surface area is 193 Å². The van der Waals surface area contributed by atoms with Gasteiger partial charge >= 0.3 is 5.97 Å². The SMILES string of the molecule is O=C(Cn1cnc2c(c1=O)NC(c1ccc(C(=O)O)cc1)CC2)NCc1cc2cnccc2[nH]1. The van der Waals surface area contributed by atoms with Crippen molar-refractivity contribution in [2.24, 2.45) is 0 Å². The quantitative estimate of drug-likeness (QED) is 0.347. The lowest BCUT2D eigenvalue weighted by molar-refractivity contribution is -0.121. The van der Waals surface area contributed by atoms with Crippen molar-refractivity contribution in [2.75, 3.05) is 5.32 Å². The number of aromatic amines is 1. The van der Waals surface area contributed by atoms with Crippen LogP contribution in [-0.2, 0) is 24.3 Å². The highest BCUT2D eigenvalue weighted by Crippen LogP contribution is 2.29. The number of hydrogen-bond donors (Lipinski definition) is 4. The van der Waals surface area contributed by atoms with Gasteiger partial charge in [0.1, 0.15) is 12.2 Å². The maximum absolute atomic E-state index is 13.1. The maximum atomic E-state index is 13.1. The highest BCUT2D eigenvalue weighted by molar-refractivity contribution is 5.87. The number of aromatic carboxylic acids is 1. The fourth-order valence-electron chi connectivity index (χ4n) is 4.14. The Kier molecular flexibility index (Phi) is 5.54. The summed E-state index contributed by atoms with van der Waals surface area (Å²) in [6.45, 7) is 0.147. The molecule has 0 aliphatic carbocycles. The number of aryl methyl sites for hydroxylation is 1. The van der Waals surface area contributed by atoms with Crippen LogP contribution >= 0.6 is 0 Å². The molecule has 3 aromatic heterocycles. The lowest BCUT2D eigenvalue weighted by atomic mass is 9.96. The summed E-state index contributed by atoms with van der Waals surface area (Å²) in [6, 6.07) is 10.2. The first kappa shape index (κ1) is 21.4. The minimum absolute atomic E-state index is 0.147. The fraction of sp³-hybridized carbons (Fsp3) is 0.208. The van der Waals surface area contributed by atoms with E-state index in [2.05, 4.69) is 25.6 Å². The van der Waals surface area contributed by atoms with Gasteiger partial charge < -0.3 is 20.7 Å². The van der Waals surface area contributed by atoms with Gasteiger partial charge in [0.05, 0.1) is 30.2 Å². The largest absolute Gasteiger partial charge is 0.478 e. The number of carbonyl (C=O) groups is 2. The zero-order valence-corrected chi connectivity index (χ0v) is 18.1. The van der Waals surface area contributed by atoms with Crippen LogP contribution in [0.4, 0.5) is 5.69 Å². The number of anilines is 1. The normalized spacial score (nSPS) is 14.9. The molecule has 0 saturated heterocycles. The topological polar surface area (TPSA) is 142 Å². The van der Waals surface area contributed by atoms with Gasteiger partial charge in [-0.1, -0.05) is 12.1 Å². The summed E-state index contributed by atoms with van der Waals surface area (Å²) in [5.41, 5.74) is 3.58. The van der Waals surface area contributed by atoms with Crippen LogP contribution in [0.25, 0.3) is 10.9 Å². The van der Waals surface area contributed by atoms with Crippen molar-refractivity contribution >= 4 is 28.5 Å². The molecule has 1 atom stereocenters. The monoisotopic (exact) mass is 458 g/mol. The van der Waals surface area contributed by atoms with E-state index < -0.39 is 5.97 Å². The van der Waals surface area contributed by atoms with Crippen LogP contribution in [0.3, 0.4) is 0 Å². The number of amides is 1. The number of nitrogens with zero attached hydrogens (tertiary/aromatic N) is 3. The van der Waals surface area contributed by atoms with Gasteiger partial charge in [-0.3, -0.25) is 19.1 Å². The van der Waals surface area contributed by atoms with E-state index in [-0.39, 0.29) is 29.6 Å². The predicted octanol–water partition coefficient (Wildman–Crippen LogP) is 2.23. The molecule has 4 N–H and O–H groups in total. The second-order valence-corrected chi connectivity index (χ2v) is 8.20. The standard InChI is InChI=1S/C24H22N6O4/c31-21(26-11-17-9-16-10-25-8-7-19(16)28-17)12-30-13-27-20-6-5-18(29-22(20)23(30)32)14-1-3-15(4-2-14)24(33)34/h1-4,7-10,13,18,28-29H,5-6,11-12H2,(H,26,31)(H,33,34). The van der Waals surface area contributed by atoms with E-state index >= 15 is 0 Å². The summed E-state index contributed by atoms with van der Waals surface area (Å²) >= 11 is 0. The highest BCUT2D eigenvalue weighted by Gasteiger charge is 2.24. The van der Waals surface area contributed by atoms with E-state index in [0.717, 1.165) is 28.6 Å². The first-order valence-electron chi connectivity index (χ1n) is 10.8. The summed E-state index contributed by atoms with van der Waals surface area (Å²) in [6.07, 6.45) is 6.16. The Morgan fingerprint density at radius 1 is 1.21 bits per heavy atom. The first-order valence-corrected chi connectivity index (χ1v) is 10.8. The van der Waals surface area contributed by atoms with Crippen molar-refractivity contribution in [2.45, 2.75) is 32.0 Å². The molecule has 0 fully saturated rings. The predicted molar refractivity (Wildman–Crippen MR) is 125 cm³/mol. The third kappa shape index (κ3) is 4.25. The van der Waals surface area contributed by atoms with E-state index in [0.29, 0.717) is 24.3 Å². The molecule has 0 bridgehead atoms. The Morgan fingerprint density at radius 3 is 2.79 bits per heavy atom. The van der Waals surface area contributed by atoms with Crippen LogP contribution in [-0.4, -0.2) is 36.5 Å². The summed E-state index contributed by atoms with van der Waals surface area (Å²) in [7, 11) is 0. The van der Waals surface area contributed by atoms with E-state index in [1.54, 1.807) is 36.7 Å². The van der Waals surface area contributed by atoms with Crippen LogP contribution in [0.15, 0.2) is 59.9 Å². The van der Waals surface area contributed by atoms with Gasteiger partial charge in [-0.05, 0) is 42.7 Å². The van der Waals surface area contributed by atoms with Crippen LogP contribution in [0.1, 0.15) is 39.8 Å². The Hall–Kier alpha value is -4.47. The molecule has 1 aromatic carbocycles. The average Bonchev–Trinajstić information content (AvgIpc) is 3.27. The van der Waals surface area contributed by atoms with Crippen LogP contribution in [0.2, 0.25) is 0 Å². The Bertz CT molecular complexity index is 1410. The number of fused-ring (bicyclic) bond motifs is 2. The van der Waals surface area contributed by atoms with Crippen molar-refractivity contribution in [1.29, 1.82) is 0 Å². The Balaban J connectivity index is 1.27. The molecular formula is C24H22N6O4. The number of pyridine rings is 1. The molecule has 1 aliphatic rings. The van der Waals surface area contributed by atoms with Crippen LogP contribution in [0, 0.1) is 0 Å². The van der Waals surface area contributed by atoms with Crippen molar-refractivity contribution in [3.8, 4) is 0 Å². The number of carboxylic acid groups (broad SMARTS) is 1. The molecule has 172 valence electrons. The molecule has 10 nitrogen and oxygen atoms in total. The average molecular weight is 458 g/mol. The molecule has 1 unspecified atom stereocenters. The Morgan fingerprint density at radius 2 is 2.03 bits per heavy atom. The van der Waals surface area contributed by atoms with Crippen molar-refractivity contribution in [1.82, 2.24) is 24.8 Å². The maximum Gasteiger partial charge on any atom is 0.335 e. The molecule has 5 rings (SSSR count). The van der Waals surface area contributed by atoms with Gasteiger partial charge in [-0.15, -0.1) is 0 Å². The minimum atomic E-state index is -0.986. The number of rotatable bonds is 6. The number of hydrogen-bond acceptors (Lipinski definition) is 6. The number of aromatic nitrogens is 4. The van der Waals surface area contributed by atoms with Gasteiger partial charge in [0.15, 0.2) is 0 Å². The third-order valence-corrected chi connectivity index (χ3v) is 5.93. The molecule has 4 aromatic rings. The highest BCUT2D eigenvalue weighted by atomic mass is 16.4. The second kappa shape index (κ2) is 8.81. The zero-order valence-electron chi connectivity index (χ0n) is 18.1. The number of carbonyl (C=O) groups excluding carboxylic acids is 1. The van der Waals surface area contributed by atoms with E-state index in [4.69, 9.17) is 5.11 Å². The van der Waals surface area contributed by atoms with E-state index in [1.165, 1.54) is 10.9 Å². The van der Waals surface area contributed by atoms with E-state index in [9.17, 15) is 14.4 Å². The van der Waals surface area contributed by atoms with Crippen LogP contribution < -0.4 is 16.2 Å². The number of H-pyrrole nitrogens is 1. The van der Waals surface area contributed by atoms with Crippen molar-refractivity contribution in [3.63, 3.8) is 0 Å². The van der Waals surface area contributed by atoms with Crippen LogP contribution in [0.5, 0.6) is 0 Å². The number of benzene rings is 1. The molecule has 4 heterocycles. The second-order valence-electron chi connectivity index (χ2n) is 8.20. The molecule has 10 heteroatoms. The molecule has 0 saturated carbocycles. The smallest absolute Gasteiger partial charge is 0.335 e. The molecule has 0 spiro atoms. The fourth-order valence-corrected chi connectivity index (χ4v) is 4.14.